The van der Waals surface area contributed by atoms with E-state index in [0.29, 0.717) is 17.6 Å². The number of rotatable bonds is 2. The fourth-order valence-corrected chi connectivity index (χ4v) is 1.29. The number of hydrogen-bond acceptors (Lipinski definition) is 1. The zero-order valence-electron chi connectivity index (χ0n) is 6.85. The van der Waals surface area contributed by atoms with Gasteiger partial charge < -0.3 is 0 Å². The molecule has 0 aromatic rings. The predicted octanol–water partition coefficient (Wildman–Crippen LogP) is 2.18. The molecule has 1 heteroatoms. The van der Waals surface area contributed by atoms with Crippen molar-refractivity contribution in [2.75, 3.05) is 0 Å². The van der Waals surface area contributed by atoms with Gasteiger partial charge >= 0.3 is 0 Å². The molecule has 0 spiro atoms. The highest BCUT2D eigenvalue weighted by Gasteiger charge is 2.38. The molecule has 0 bridgehead atoms. The normalized spacial score (nSPS) is 29.5. The van der Waals surface area contributed by atoms with Crippen LogP contribution in [0.1, 0.15) is 27.2 Å². The standard InChI is InChI=1S/C9H14O/c1-6(2)4-8-5-9(8)7(3)10/h4,8-9H,5H2,1-3H3/t8-,9-/m0/s1. The molecule has 0 aliphatic heterocycles. The molecular formula is C9H14O. The molecule has 0 aromatic heterocycles. The smallest absolute Gasteiger partial charge is 0.133 e. The largest absolute Gasteiger partial charge is 0.300 e. The van der Waals surface area contributed by atoms with Gasteiger partial charge in [-0.3, -0.25) is 4.79 Å². The summed E-state index contributed by atoms with van der Waals surface area (Å²) < 4.78 is 0. The van der Waals surface area contributed by atoms with E-state index in [0.717, 1.165) is 6.42 Å². The van der Waals surface area contributed by atoms with Gasteiger partial charge in [-0.25, -0.2) is 0 Å². The molecular weight excluding hydrogens is 124 g/mol. The Morgan fingerprint density at radius 1 is 1.40 bits per heavy atom. The van der Waals surface area contributed by atoms with Crippen LogP contribution in [-0.4, -0.2) is 5.78 Å². The second-order valence-corrected chi connectivity index (χ2v) is 3.36. The molecule has 0 amide bonds. The van der Waals surface area contributed by atoms with Crippen LogP contribution in [0.5, 0.6) is 0 Å². The van der Waals surface area contributed by atoms with Crippen molar-refractivity contribution in [3.8, 4) is 0 Å². The van der Waals surface area contributed by atoms with E-state index in [2.05, 4.69) is 19.9 Å². The third kappa shape index (κ3) is 1.69. The van der Waals surface area contributed by atoms with Gasteiger partial charge in [-0.1, -0.05) is 11.6 Å². The SMILES string of the molecule is CC(=O)[C@@H]1C[C@@H]1C=C(C)C. The monoisotopic (exact) mass is 138 g/mol. The van der Waals surface area contributed by atoms with Crippen LogP contribution in [0.15, 0.2) is 11.6 Å². The molecule has 1 nitrogen and oxygen atoms in total. The van der Waals surface area contributed by atoms with Crippen molar-refractivity contribution in [1.29, 1.82) is 0 Å². The van der Waals surface area contributed by atoms with Gasteiger partial charge in [-0.15, -0.1) is 0 Å². The van der Waals surface area contributed by atoms with Crippen molar-refractivity contribution in [2.45, 2.75) is 27.2 Å². The number of ketones is 1. The Morgan fingerprint density at radius 3 is 2.30 bits per heavy atom. The van der Waals surface area contributed by atoms with E-state index in [1.165, 1.54) is 5.57 Å². The third-order valence-electron chi connectivity index (χ3n) is 1.91. The summed E-state index contributed by atoms with van der Waals surface area (Å²) in [5, 5.41) is 0. The first-order valence-corrected chi connectivity index (χ1v) is 3.76. The summed E-state index contributed by atoms with van der Waals surface area (Å²) in [6.07, 6.45) is 3.28. The fourth-order valence-electron chi connectivity index (χ4n) is 1.29. The van der Waals surface area contributed by atoms with E-state index in [9.17, 15) is 4.79 Å². The van der Waals surface area contributed by atoms with Crippen molar-refractivity contribution >= 4 is 5.78 Å². The maximum atomic E-state index is 10.8. The highest BCUT2D eigenvalue weighted by Crippen LogP contribution is 2.40. The highest BCUT2D eigenvalue weighted by molar-refractivity contribution is 5.81. The lowest BCUT2D eigenvalue weighted by Crippen LogP contribution is -1.93. The second-order valence-electron chi connectivity index (χ2n) is 3.36. The predicted molar refractivity (Wildman–Crippen MR) is 41.7 cm³/mol. The maximum Gasteiger partial charge on any atom is 0.133 e. The maximum absolute atomic E-state index is 10.8. The number of hydrogen-bond donors (Lipinski definition) is 0. The van der Waals surface area contributed by atoms with Gasteiger partial charge in [0.25, 0.3) is 0 Å². The van der Waals surface area contributed by atoms with Crippen LogP contribution in [-0.2, 0) is 4.79 Å². The van der Waals surface area contributed by atoms with Gasteiger partial charge in [-0.2, -0.15) is 0 Å². The zero-order valence-corrected chi connectivity index (χ0v) is 6.85. The molecule has 0 saturated heterocycles. The Morgan fingerprint density at radius 2 is 2.00 bits per heavy atom. The molecule has 0 radical (unpaired) electrons. The van der Waals surface area contributed by atoms with Crippen LogP contribution in [0.2, 0.25) is 0 Å². The Bertz CT molecular complexity index is 175. The first-order valence-electron chi connectivity index (χ1n) is 3.76. The Kier molecular flexibility index (Phi) is 1.93. The van der Waals surface area contributed by atoms with E-state index in [1.54, 1.807) is 6.92 Å². The van der Waals surface area contributed by atoms with Gasteiger partial charge in [0, 0.05) is 5.92 Å². The van der Waals surface area contributed by atoms with Crippen molar-refractivity contribution in [2.24, 2.45) is 11.8 Å². The van der Waals surface area contributed by atoms with Crippen molar-refractivity contribution in [3.63, 3.8) is 0 Å². The topological polar surface area (TPSA) is 17.1 Å². The van der Waals surface area contributed by atoms with Gasteiger partial charge in [0.05, 0.1) is 0 Å². The first kappa shape index (κ1) is 7.52. The molecule has 0 heterocycles. The van der Waals surface area contributed by atoms with E-state index >= 15 is 0 Å². The molecule has 10 heavy (non-hydrogen) atoms. The van der Waals surface area contributed by atoms with Crippen LogP contribution in [0.3, 0.4) is 0 Å². The Hall–Kier alpha value is -0.590. The molecule has 1 aliphatic carbocycles. The summed E-state index contributed by atoms with van der Waals surface area (Å²) in [4.78, 5) is 10.8. The number of carbonyl (C=O) groups excluding carboxylic acids is 1. The number of Topliss-reactive ketones (excluding diaryl/α,β-unsaturated/α-hetero) is 1. The van der Waals surface area contributed by atoms with E-state index < -0.39 is 0 Å². The molecule has 1 fully saturated rings. The van der Waals surface area contributed by atoms with Crippen LogP contribution in [0.25, 0.3) is 0 Å². The first-order chi connectivity index (χ1) is 4.61. The molecule has 1 rings (SSSR count). The van der Waals surface area contributed by atoms with Crippen LogP contribution in [0, 0.1) is 11.8 Å². The van der Waals surface area contributed by atoms with Crippen LogP contribution in [0.4, 0.5) is 0 Å². The summed E-state index contributed by atoms with van der Waals surface area (Å²) in [6, 6.07) is 0. The minimum Gasteiger partial charge on any atom is -0.300 e. The summed E-state index contributed by atoms with van der Waals surface area (Å²) in [6.45, 7) is 5.84. The molecule has 1 aliphatic rings. The van der Waals surface area contributed by atoms with E-state index in [-0.39, 0.29) is 0 Å². The van der Waals surface area contributed by atoms with E-state index in [1.807, 2.05) is 0 Å². The van der Waals surface area contributed by atoms with E-state index in [4.69, 9.17) is 0 Å². The highest BCUT2D eigenvalue weighted by atomic mass is 16.1. The average molecular weight is 138 g/mol. The quantitative estimate of drug-likeness (QED) is 0.534. The molecule has 56 valence electrons. The molecule has 0 unspecified atom stereocenters. The van der Waals surface area contributed by atoms with Gasteiger partial charge in [0.15, 0.2) is 0 Å². The fraction of sp³-hybridized carbons (Fsp3) is 0.667. The second kappa shape index (κ2) is 2.57. The summed E-state index contributed by atoms with van der Waals surface area (Å²) >= 11 is 0. The summed E-state index contributed by atoms with van der Waals surface area (Å²) in [5.74, 6) is 1.28. The van der Waals surface area contributed by atoms with Gasteiger partial charge in [0.2, 0.25) is 0 Å². The lowest BCUT2D eigenvalue weighted by molar-refractivity contribution is -0.118. The zero-order chi connectivity index (χ0) is 7.72. The Balaban J connectivity index is 2.40. The molecule has 0 N–H and O–H groups in total. The van der Waals surface area contributed by atoms with Crippen LogP contribution >= 0.6 is 0 Å². The van der Waals surface area contributed by atoms with Crippen molar-refractivity contribution < 1.29 is 4.79 Å². The molecule has 1 saturated carbocycles. The summed E-state index contributed by atoms with van der Waals surface area (Å²) in [5.41, 5.74) is 1.33. The van der Waals surface area contributed by atoms with Crippen molar-refractivity contribution in [3.05, 3.63) is 11.6 Å². The minimum absolute atomic E-state index is 0.350. The number of allylic oxidation sites excluding steroid dienone is 2. The minimum atomic E-state index is 0.350. The van der Waals surface area contributed by atoms with Gasteiger partial charge in [0.1, 0.15) is 5.78 Å². The molecule has 2 atom stereocenters. The molecule has 0 aromatic carbocycles. The number of carbonyl (C=O) groups is 1. The van der Waals surface area contributed by atoms with Crippen LogP contribution < -0.4 is 0 Å². The van der Waals surface area contributed by atoms with Gasteiger partial charge in [-0.05, 0) is 33.1 Å². The average Bonchev–Trinajstić information content (AvgIpc) is 2.43. The summed E-state index contributed by atoms with van der Waals surface area (Å²) in [7, 11) is 0. The lowest BCUT2D eigenvalue weighted by atomic mass is 10.2. The Labute approximate surface area is 62.1 Å². The van der Waals surface area contributed by atoms with Crippen molar-refractivity contribution in [1.82, 2.24) is 0 Å². The third-order valence-corrected chi connectivity index (χ3v) is 1.91. The lowest BCUT2D eigenvalue weighted by Gasteiger charge is -1.88.